The second-order valence-corrected chi connectivity index (χ2v) is 6.37. The summed E-state index contributed by atoms with van der Waals surface area (Å²) < 4.78 is 0. The molecule has 0 aliphatic carbocycles. The minimum Gasteiger partial charge on any atom is -0.356 e. The second-order valence-electron chi connectivity index (χ2n) is 6.37. The summed E-state index contributed by atoms with van der Waals surface area (Å²) in [5.74, 6) is 0. The number of hydrogen-bond acceptors (Lipinski definition) is 2. The summed E-state index contributed by atoms with van der Waals surface area (Å²) >= 11 is 0. The molecular formula is C22H24N2. The van der Waals surface area contributed by atoms with Crippen molar-refractivity contribution in [3.63, 3.8) is 0 Å². The number of rotatable bonds is 4. The van der Waals surface area contributed by atoms with Crippen molar-refractivity contribution in [2.24, 2.45) is 0 Å². The molecule has 2 N–H and O–H groups in total. The van der Waals surface area contributed by atoms with E-state index in [0.29, 0.717) is 0 Å². The first-order chi connectivity index (χ1) is 11.5. The van der Waals surface area contributed by atoms with E-state index in [-0.39, 0.29) is 0 Å². The van der Waals surface area contributed by atoms with Crippen LogP contribution in [0.15, 0.2) is 60.7 Å². The van der Waals surface area contributed by atoms with Crippen LogP contribution in [-0.4, -0.2) is 0 Å². The van der Waals surface area contributed by atoms with Crippen LogP contribution in [0.25, 0.3) is 0 Å². The van der Waals surface area contributed by atoms with Crippen molar-refractivity contribution in [3.05, 3.63) is 82.9 Å². The monoisotopic (exact) mass is 316 g/mol. The van der Waals surface area contributed by atoms with Crippen LogP contribution in [0.5, 0.6) is 0 Å². The van der Waals surface area contributed by atoms with Crippen LogP contribution < -0.4 is 10.6 Å². The molecule has 24 heavy (non-hydrogen) atoms. The van der Waals surface area contributed by atoms with E-state index in [9.17, 15) is 0 Å². The summed E-state index contributed by atoms with van der Waals surface area (Å²) in [6.45, 7) is 8.55. The lowest BCUT2D eigenvalue weighted by atomic mass is 10.1. The topological polar surface area (TPSA) is 24.1 Å². The summed E-state index contributed by atoms with van der Waals surface area (Å²) in [6.07, 6.45) is 0. The number of aryl methyl sites for hydroxylation is 3. The summed E-state index contributed by atoms with van der Waals surface area (Å²) in [4.78, 5) is 0. The van der Waals surface area contributed by atoms with E-state index < -0.39 is 0 Å². The van der Waals surface area contributed by atoms with E-state index in [1.54, 1.807) is 0 Å². The maximum atomic E-state index is 3.49. The van der Waals surface area contributed by atoms with E-state index in [4.69, 9.17) is 0 Å². The van der Waals surface area contributed by atoms with Crippen LogP contribution in [0.4, 0.5) is 22.7 Å². The molecule has 0 fully saturated rings. The molecule has 2 heteroatoms. The third kappa shape index (κ3) is 3.60. The van der Waals surface area contributed by atoms with Crippen LogP contribution in [0, 0.1) is 27.7 Å². The quantitative estimate of drug-likeness (QED) is 0.581. The van der Waals surface area contributed by atoms with Gasteiger partial charge in [0.05, 0.1) is 0 Å². The first kappa shape index (κ1) is 16.1. The number of hydrogen-bond donors (Lipinski definition) is 2. The van der Waals surface area contributed by atoms with Gasteiger partial charge in [-0.05, 0) is 92.4 Å². The fourth-order valence-corrected chi connectivity index (χ4v) is 2.66. The zero-order valence-corrected chi connectivity index (χ0v) is 14.8. The molecule has 0 bridgehead atoms. The van der Waals surface area contributed by atoms with Gasteiger partial charge in [-0.3, -0.25) is 0 Å². The Morgan fingerprint density at radius 2 is 1.17 bits per heavy atom. The molecule has 3 aromatic carbocycles. The average molecular weight is 316 g/mol. The maximum Gasteiger partial charge on any atom is 0.0416 e. The molecule has 0 saturated heterocycles. The second kappa shape index (κ2) is 6.79. The van der Waals surface area contributed by atoms with Crippen LogP contribution >= 0.6 is 0 Å². The first-order valence-electron chi connectivity index (χ1n) is 8.30. The maximum absolute atomic E-state index is 3.49. The van der Waals surface area contributed by atoms with Crippen molar-refractivity contribution in [3.8, 4) is 0 Å². The largest absolute Gasteiger partial charge is 0.356 e. The molecule has 0 aliphatic heterocycles. The van der Waals surface area contributed by atoms with Gasteiger partial charge in [0.15, 0.2) is 0 Å². The minimum absolute atomic E-state index is 1.09. The van der Waals surface area contributed by atoms with Crippen molar-refractivity contribution >= 4 is 22.7 Å². The lowest BCUT2D eigenvalue weighted by Crippen LogP contribution is -1.96. The normalized spacial score (nSPS) is 10.5. The lowest BCUT2D eigenvalue weighted by Gasteiger charge is -2.13. The molecule has 0 heterocycles. The van der Waals surface area contributed by atoms with E-state index in [0.717, 1.165) is 22.7 Å². The van der Waals surface area contributed by atoms with Gasteiger partial charge in [-0.1, -0.05) is 18.2 Å². The highest BCUT2D eigenvalue weighted by atomic mass is 14.9. The van der Waals surface area contributed by atoms with Crippen molar-refractivity contribution in [2.45, 2.75) is 27.7 Å². The Balaban J connectivity index is 1.73. The highest BCUT2D eigenvalue weighted by Gasteiger charge is 2.02. The first-order valence-corrected chi connectivity index (χ1v) is 8.30. The minimum atomic E-state index is 1.09. The lowest BCUT2D eigenvalue weighted by molar-refractivity contribution is 1.33. The summed E-state index contributed by atoms with van der Waals surface area (Å²) in [7, 11) is 0. The highest BCUT2D eigenvalue weighted by Crippen LogP contribution is 2.25. The Morgan fingerprint density at radius 3 is 1.83 bits per heavy atom. The van der Waals surface area contributed by atoms with Crippen molar-refractivity contribution in [1.29, 1.82) is 0 Å². The predicted octanol–water partition coefficient (Wildman–Crippen LogP) is 6.41. The predicted molar refractivity (Wildman–Crippen MR) is 105 cm³/mol. The number of nitrogens with one attached hydrogen (secondary N) is 2. The molecule has 0 aliphatic rings. The van der Waals surface area contributed by atoms with Gasteiger partial charge in [0.1, 0.15) is 0 Å². The van der Waals surface area contributed by atoms with Gasteiger partial charge in [-0.15, -0.1) is 0 Å². The fourth-order valence-electron chi connectivity index (χ4n) is 2.66. The smallest absolute Gasteiger partial charge is 0.0416 e. The van der Waals surface area contributed by atoms with Gasteiger partial charge < -0.3 is 10.6 Å². The van der Waals surface area contributed by atoms with Crippen LogP contribution in [0.1, 0.15) is 22.3 Å². The van der Waals surface area contributed by atoms with Crippen molar-refractivity contribution in [1.82, 2.24) is 0 Å². The Bertz CT molecular complexity index is 848. The highest BCUT2D eigenvalue weighted by molar-refractivity contribution is 5.68. The standard InChI is InChI=1S/C22H24N2/c1-15-8-9-21(14-17(15)3)23-19-10-12-20(13-11-19)24-22-7-5-6-16(2)18(22)4/h5-14,23-24H,1-4H3. The molecule has 3 aromatic rings. The number of anilines is 4. The Kier molecular flexibility index (Phi) is 4.57. The van der Waals surface area contributed by atoms with Crippen molar-refractivity contribution in [2.75, 3.05) is 10.6 Å². The molecule has 0 atom stereocenters. The molecule has 122 valence electrons. The number of benzene rings is 3. The summed E-state index contributed by atoms with van der Waals surface area (Å²) in [6, 6.07) is 21.2. The molecule has 0 unspecified atom stereocenters. The van der Waals surface area contributed by atoms with Crippen LogP contribution in [0.3, 0.4) is 0 Å². The van der Waals surface area contributed by atoms with Gasteiger partial charge in [0.2, 0.25) is 0 Å². The average Bonchev–Trinajstić information content (AvgIpc) is 2.57. The zero-order valence-electron chi connectivity index (χ0n) is 14.8. The SMILES string of the molecule is Cc1ccc(Nc2ccc(Nc3cccc(C)c3C)cc2)cc1C. The molecule has 0 spiro atoms. The van der Waals surface area contributed by atoms with Gasteiger partial charge >= 0.3 is 0 Å². The molecule has 3 rings (SSSR count). The van der Waals surface area contributed by atoms with Crippen LogP contribution in [0.2, 0.25) is 0 Å². The van der Waals surface area contributed by atoms with Crippen LogP contribution in [-0.2, 0) is 0 Å². The van der Waals surface area contributed by atoms with E-state index in [1.807, 2.05) is 0 Å². The molecule has 2 nitrogen and oxygen atoms in total. The third-order valence-electron chi connectivity index (χ3n) is 4.56. The fraction of sp³-hybridized carbons (Fsp3) is 0.182. The Morgan fingerprint density at radius 1 is 0.542 bits per heavy atom. The van der Waals surface area contributed by atoms with Crippen molar-refractivity contribution < 1.29 is 0 Å². The summed E-state index contributed by atoms with van der Waals surface area (Å²) in [5, 5.41) is 6.95. The van der Waals surface area contributed by atoms with E-state index in [2.05, 4.69) is 99.0 Å². The molecular weight excluding hydrogens is 292 g/mol. The van der Waals surface area contributed by atoms with E-state index >= 15 is 0 Å². The van der Waals surface area contributed by atoms with E-state index in [1.165, 1.54) is 22.3 Å². The Hall–Kier alpha value is -2.74. The van der Waals surface area contributed by atoms with Gasteiger partial charge in [-0.2, -0.15) is 0 Å². The molecule has 0 saturated carbocycles. The Labute approximate surface area is 144 Å². The third-order valence-corrected chi connectivity index (χ3v) is 4.56. The molecule has 0 radical (unpaired) electrons. The van der Waals surface area contributed by atoms with Gasteiger partial charge in [0.25, 0.3) is 0 Å². The summed E-state index contributed by atoms with van der Waals surface area (Å²) in [5.41, 5.74) is 9.65. The zero-order chi connectivity index (χ0) is 17.1. The van der Waals surface area contributed by atoms with Gasteiger partial charge in [0, 0.05) is 22.7 Å². The molecule has 0 amide bonds. The molecule has 0 aromatic heterocycles. The van der Waals surface area contributed by atoms with Gasteiger partial charge in [-0.25, -0.2) is 0 Å².